The van der Waals surface area contributed by atoms with Crippen molar-refractivity contribution in [3.05, 3.63) is 40.8 Å². The highest BCUT2D eigenvalue weighted by Gasteiger charge is 2.16. The monoisotopic (exact) mass is 334 g/mol. The van der Waals surface area contributed by atoms with E-state index in [9.17, 15) is 4.79 Å². The summed E-state index contributed by atoms with van der Waals surface area (Å²) in [5.74, 6) is -0.0965. The minimum atomic E-state index is -0.0965. The van der Waals surface area contributed by atoms with Gasteiger partial charge in [0.25, 0.3) is 5.91 Å². The van der Waals surface area contributed by atoms with Crippen molar-refractivity contribution in [1.29, 1.82) is 0 Å². The van der Waals surface area contributed by atoms with Crippen molar-refractivity contribution in [3.63, 3.8) is 0 Å². The predicted molar refractivity (Wildman–Crippen MR) is 88.8 cm³/mol. The molecule has 0 aliphatic carbocycles. The maximum Gasteiger partial charge on any atom is 0.267 e. The Bertz CT molecular complexity index is 868. The van der Waals surface area contributed by atoms with Gasteiger partial charge in [-0.25, -0.2) is 0 Å². The largest absolute Gasteiger partial charge is 0.354 e. The number of nitrogens with zero attached hydrogens (tertiary/aromatic N) is 2. The van der Waals surface area contributed by atoms with Gasteiger partial charge in [0.15, 0.2) is 0 Å². The summed E-state index contributed by atoms with van der Waals surface area (Å²) in [5.41, 5.74) is 2.51. The molecule has 3 rings (SSSR count). The van der Waals surface area contributed by atoms with Gasteiger partial charge in [0.2, 0.25) is 0 Å². The van der Waals surface area contributed by atoms with Gasteiger partial charge in [-0.3, -0.25) is 9.89 Å². The molecule has 2 N–H and O–H groups in total. The van der Waals surface area contributed by atoms with E-state index in [1.165, 1.54) is 0 Å². The highest BCUT2D eigenvalue weighted by molar-refractivity contribution is 7.99. The molecule has 0 saturated carbocycles. The van der Waals surface area contributed by atoms with E-state index in [1.807, 2.05) is 36.7 Å². The van der Waals surface area contributed by atoms with Crippen LogP contribution in [-0.4, -0.2) is 27.7 Å². The fraction of sp³-hybridized carbons (Fsp3) is 0.200. The van der Waals surface area contributed by atoms with E-state index in [4.69, 9.17) is 11.6 Å². The third-order valence-corrected chi connectivity index (χ3v) is 5.05. The lowest BCUT2D eigenvalue weighted by molar-refractivity contribution is 0.0955. The van der Waals surface area contributed by atoms with Crippen LogP contribution in [0.1, 0.15) is 16.2 Å². The Morgan fingerprint density at radius 3 is 2.91 bits per heavy atom. The number of fused-ring (bicyclic) bond motifs is 1. The van der Waals surface area contributed by atoms with E-state index in [2.05, 4.69) is 15.5 Å². The van der Waals surface area contributed by atoms with Gasteiger partial charge >= 0.3 is 0 Å². The molecule has 0 fully saturated rings. The molecule has 0 aliphatic heterocycles. The van der Waals surface area contributed by atoms with Crippen LogP contribution in [0.2, 0.25) is 5.02 Å². The van der Waals surface area contributed by atoms with Crippen molar-refractivity contribution in [2.24, 2.45) is 7.05 Å². The lowest BCUT2D eigenvalue weighted by Gasteiger charge is -2.04. The molecule has 0 spiro atoms. The van der Waals surface area contributed by atoms with E-state index in [0.29, 0.717) is 10.7 Å². The summed E-state index contributed by atoms with van der Waals surface area (Å²) in [6.45, 7) is 1.99. The van der Waals surface area contributed by atoms with Crippen molar-refractivity contribution in [2.45, 2.75) is 16.7 Å². The highest BCUT2D eigenvalue weighted by Crippen LogP contribution is 2.36. The first-order valence-electron chi connectivity index (χ1n) is 6.70. The number of carbonyl (C=O) groups is 1. The van der Waals surface area contributed by atoms with Gasteiger partial charge in [-0.2, -0.15) is 5.10 Å². The maximum atomic E-state index is 11.9. The fourth-order valence-electron chi connectivity index (χ4n) is 2.29. The SMILES string of the molecule is CNC(=O)c1cc(Sc2cc(Cl)c3[nH]ncc3c2)c(C)n1C. The number of nitrogens with one attached hydrogen (secondary N) is 2. The van der Waals surface area contributed by atoms with Gasteiger partial charge in [0.1, 0.15) is 5.69 Å². The van der Waals surface area contributed by atoms with E-state index < -0.39 is 0 Å². The number of hydrogen-bond donors (Lipinski definition) is 2. The third kappa shape index (κ3) is 2.48. The summed E-state index contributed by atoms with van der Waals surface area (Å²) >= 11 is 7.85. The first-order valence-corrected chi connectivity index (χ1v) is 7.89. The lowest BCUT2D eigenvalue weighted by Crippen LogP contribution is -2.20. The number of aromatic nitrogens is 3. The fourth-order valence-corrected chi connectivity index (χ4v) is 3.70. The number of benzene rings is 1. The van der Waals surface area contributed by atoms with E-state index >= 15 is 0 Å². The van der Waals surface area contributed by atoms with Crippen LogP contribution in [-0.2, 0) is 7.05 Å². The van der Waals surface area contributed by atoms with Gasteiger partial charge in [-0.15, -0.1) is 0 Å². The van der Waals surface area contributed by atoms with Crippen LogP contribution in [0.15, 0.2) is 34.2 Å². The summed E-state index contributed by atoms with van der Waals surface area (Å²) in [6.07, 6.45) is 1.75. The Kier molecular flexibility index (Phi) is 3.88. The molecule has 0 saturated heterocycles. The van der Waals surface area contributed by atoms with E-state index in [0.717, 1.165) is 26.4 Å². The summed E-state index contributed by atoms with van der Waals surface area (Å²) in [7, 11) is 3.51. The second kappa shape index (κ2) is 5.70. The number of hydrogen-bond acceptors (Lipinski definition) is 3. The highest BCUT2D eigenvalue weighted by atomic mass is 35.5. The van der Waals surface area contributed by atoms with Crippen molar-refractivity contribution in [2.75, 3.05) is 7.05 Å². The smallest absolute Gasteiger partial charge is 0.267 e. The van der Waals surface area contributed by atoms with Gasteiger partial charge in [-0.1, -0.05) is 23.4 Å². The molecule has 0 bridgehead atoms. The molecular formula is C15H15ClN4OS. The molecule has 3 aromatic rings. The zero-order chi connectivity index (χ0) is 15.9. The Hall–Kier alpha value is -1.92. The second-order valence-corrected chi connectivity index (χ2v) is 6.48. The molecule has 1 aromatic carbocycles. The normalized spacial score (nSPS) is 11.1. The van der Waals surface area contributed by atoms with Gasteiger partial charge in [0.05, 0.1) is 16.7 Å². The van der Waals surface area contributed by atoms with E-state index in [1.54, 1.807) is 25.0 Å². The van der Waals surface area contributed by atoms with Crippen LogP contribution in [0.25, 0.3) is 10.9 Å². The van der Waals surface area contributed by atoms with Crippen LogP contribution in [0.4, 0.5) is 0 Å². The quantitative estimate of drug-likeness (QED) is 0.772. The average Bonchev–Trinajstić information content (AvgIpc) is 3.07. The molecule has 0 aliphatic rings. The lowest BCUT2D eigenvalue weighted by atomic mass is 10.2. The van der Waals surface area contributed by atoms with Crippen molar-refractivity contribution in [3.8, 4) is 0 Å². The molecule has 1 amide bonds. The summed E-state index contributed by atoms with van der Waals surface area (Å²) in [4.78, 5) is 13.9. The Labute approximate surface area is 137 Å². The van der Waals surface area contributed by atoms with Crippen molar-refractivity contribution >= 4 is 40.2 Å². The first-order chi connectivity index (χ1) is 10.5. The van der Waals surface area contributed by atoms with Crippen LogP contribution in [0.3, 0.4) is 0 Å². The molecule has 7 heteroatoms. The minimum Gasteiger partial charge on any atom is -0.354 e. The van der Waals surface area contributed by atoms with Crippen molar-refractivity contribution in [1.82, 2.24) is 20.1 Å². The summed E-state index contributed by atoms with van der Waals surface area (Å²) in [5, 5.41) is 11.1. The Morgan fingerprint density at radius 2 is 2.18 bits per heavy atom. The predicted octanol–water partition coefficient (Wildman–Crippen LogP) is 3.37. The topological polar surface area (TPSA) is 62.7 Å². The molecule has 0 unspecified atom stereocenters. The molecular weight excluding hydrogens is 320 g/mol. The van der Waals surface area contributed by atoms with Crippen LogP contribution in [0.5, 0.6) is 0 Å². The van der Waals surface area contributed by atoms with Crippen LogP contribution < -0.4 is 5.32 Å². The van der Waals surface area contributed by atoms with E-state index in [-0.39, 0.29) is 5.91 Å². The zero-order valence-corrected chi connectivity index (χ0v) is 14.0. The number of rotatable bonds is 3. The molecule has 2 heterocycles. The summed E-state index contributed by atoms with van der Waals surface area (Å²) < 4.78 is 1.89. The Morgan fingerprint density at radius 1 is 1.41 bits per heavy atom. The molecule has 2 aromatic heterocycles. The molecule has 0 atom stereocenters. The number of aromatic amines is 1. The Balaban J connectivity index is 1.99. The maximum absolute atomic E-state index is 11.9. The van der Waals surface area contributed by atoms with Gasteiger partial charge in [0, 0.05) is 35.0 Å². The average molecular weight is 335 g/mol. The number of carbonyl (C=O) groups excluding carboxylic acids is 1. The molecule has 5 nitrogen and oxygen atoms in total. The van der Waals surface area contributed by atoms with Crippen molar-refractivity contribution < 1.29 is 4.79 Å². The number of amides is 1. The molecule has 114 valence electrons. The molecule has 22 heavy (non-hydrogen) atoms. The van der Waals surface area contributed by atoms with Gasteiger partial charge in [-0.05, 0) is 25.1 Å². The standard InChI is InChI=1S/C15H15ClN4OS/c1-8-13(6-12(20(8)3)15(21)17-2)22-10-4-9-7-18-19-14(9)11(16)5-10/h4-7H,1-3H3,(H,17,21)(H,18,19). The number of halogens is 1. The second-order valence-electron chi connectivity index (χ2n) is 4.96. The minimum absolute atomic E-state index is 0.0965. The molecule has 0 radical (unpaired) electrons. The van der Waals surface area contributed by atoms with Gasteiger partial charge < -0.3 is 9.88 Å². The zero-order valence-electron chi connectivity index (χ0n) is 12.4. The number of H-pyrrole nitrogens is 1. The van der Waals surface area contributed by atoms with Crippen LogP contribution in [0, 0.1) is 6.92 Å². The summed E-state index contributed by atoms with van der Waals surface area (Å²) in [6, 6.07) is 5.83. The van der Waals surface area contributed by atoms with Crippen LogP contribution >= 0.6 is 23.4 Å². The first kappa shape index (κ1) is 15.0. The third-order valence-electron chi connectivity index (χ3n) is 3.65.